The number of carbonyl (C=O) groups is 3. The molecule has 1 atom stereocenters. The number of carbonyl (C=O) groups excluding carboxylic acids is 3. The standard InChI is InChI=1S/C22H20ClN5O4/c23-14-4-6-16(7-5-14)26-22(32)27-18(13-19(24)29)21(31)25-15-8-10-17(11-9-15)28-12-2-1-3-20(28)30/h1-12,18H,13H2,(H2,24,29)(H,25,31)(H2,26,27,32)/t18-/m0/s1. The first-order chi connectivity index (χ1) is 15.3. The summed E-state index contributed by atoms with van der Waals surface area (Å²) in [4.78, 5) is 48.2. The molecule has 3 rings (SSSR count). The van der Waals surface area contributed by atoms with Gasteiger partial charge in [0.25, 0.3) is 5.56 Å². The third-order valence-corrected chi connectivity index (χ3v) is 4.62. The van der Waals surface area contributed by atoms with Crippen LogP contribution in [0.4, 0.5) is 16.2 Å². The highest BCUT2D eigenvalue weighted by atomic mass is 35.5. The van der Waals surface area contributed by atoms with Gasteiger partial charge in [0.05, 0.1) is 6.42 Å². The maximum Gasteiger partial charge on any atom is 0.319 e. The lowest BCUT2D eigenvalue weighted by Crippen LogP contribution is -2.47. The van der Waals surface area contributed by atoms with Crippen molar-refractivity contribution in [3.63, 3.8) is 0 Å². The normalized spacial score (nSPS) is 11.3. The van der Waals surface area contributed by atoms with Gasteiger partial charge in [0, 0.05) is 34.3 Å². The maximum atomic E-state index is 12.7. The van der Waals surface area contributed by atoms with E-state index in [0.29, 0.717) is 22.1 Å². The smallest absolute Gasteiger partial charge is 0.319 e. The fourth-order valence-electron chi connectivity index (χ4n) is 2.84. The van der Waals surface area contributed by atoms with E-state index in [2.05, 4.69) is 16.0 Å². The first-order valence-electron chi connectivity index (χ1n) is 9.52. The van der Waals surface area contributed by atoms with Gasteiger partial charge in [-0.25, -0.2) is 4.79 Å². The van der Waals surface area contributed by atoms with Crippen molar-refractivity contribution in [2.24, 2.45) is 5.73 Å². The zero-order valence-electron chi connectivity index (χ0n) is 16.7. The molecule has 0 fully saturated rings. The van der Waals surface area contributed by atoms with Gasteiger partial charge in [0.2, 0.25) is 11.8 Å². The molecule has 4 amide bonds. The quantitative estimate of drug-likeness (QED) is 0.437. The molecule has 0 saturated carbocycles. The number of urea groups is 1. The molecule has 1 heterocycles. The van der Waals surface area contributed by atoms with E-state index in [1.807, 2.05) is 0 Å². The van der Waals surface area contributed by atoms with E-state index in [0.717, 1.165) is 0 Å². The van der Waals surface area contributed by atoms with E-state index in [9.17, 15) is 19.2 Å². The SMILES string of the molecule is NC(=O)C[C@H](NC(=O)Nc1ccc(Cl)cc1)C(=O)Nc1ccc(-n2ccccc2=O)cc1. The summed E-state index contributed by atoms with van der Waals surface area (Å²) in [5, 5.41) is 8.11. The third kappa shape index (κ3) is 6.19. The minimum absolute atomic E-state index is 0.193. The second kappa shape index (κ2) is 10.3. The van der Waals surface area contributed by atoms with Crippen LogP contribution in [-0.2, 0) is 9.59 Å². The van der Waals surface area contributed by atoms with Crippen LogP contribution in [0.15, 0.2) is 77.7 Å². The highest BCUT2D eigenvalue weighted by Crippen LogP contribution is 2.14. The number of hydrogen-bond acceptors (Lipinski definition) is 4. The van der Waals surface area contributed by atoms with Crippen molar-refractivity contribution in [3.05, 3.63) is 88.3 Å². The van der Waals surface area contributed by atoms with Crippen LogP contribution >= 0.6 is 11.6 Å². The number of rotatable bonds is 7. The summed E-state index contributed by atoms with van der Waals surface area (Å²) in [5.74, 6) is -1.38. The summed E-state index contributed by atoms with van der Waals surface area (Å²) >= 11 is 5.81. The lowest BCUT2D eigenvalue weighted by atomic mass is 10.1. The van der Waals surface area contributed by atoms with Gasteiger partial charge >= 0.3 is 6.03 Å². The van der Waals surface area contributed by atoms with Crippen molar-refractivity contribution in [2.45, 2.75) is 12.5 Å². The Morgan fingerprint density at radius 2 is 1.53 bits per heavy atom. The predicted octanol–water partition coefficient (Wildman–Crippen LogP) is 2.50. The molecule has 0 aliphatic heterocycles. The average molecular weight is 454 g/mol. The molecule has 0 aliphatic carbocycles. The molecular formula is C22H20ClN5O4. The Kier molecular flexibility index (Phi) is 7.25. The second-order valence-electron chi connectivity index (χ2n) is 6.77. The molecule has 32 heavy (non-hydrogen) atoms. The lowest BCUT2D eigenvalue weighted by Gasteiger charge is -2.18. The van der Waals surface area contributed by atoms with Crippen molar-refractivity contribution < 1.29 is 14.4 Å². The van der Waals surface area contributed by atoms with E-state index in [4.69, 9.17) is 17.3 Å². The van der Waals surface area contributed by atoms with E-state index < -0.39 is 30.3 Å². The van der Waals surface area contributed by atoms with Gasteiger partial charge < -0.3 is 21.7 Å². The topological polar surface area (TPSA) is 135 Å². The molecule has 1 aromatic heterocycles. The largest absolute Gasteiger partial charge is 0.370 e. The van der Waals surface area contributed by atoms with Crippen LogP contribution in [0.2, 0.25) is 5.02 Å². The van der Waals surface area contributed by atoms with Gasteiger partial charge in [-0.15, -0.1) is 0 Å². The molecule has 0 spiro atoms. The van der Waals surface area contributed by atoms with Crippen LogP contribution in [0, 0.1) is 0 Å². The summed E-state index contributed by atoms with van der Waals surface area (Å²) in [6.45, 7) is 0. The summed E-state index contributed by atoms with van der Waals surface area (Å²) in [6, 6.07) is 15.8. The molecule has 9 nitrogen and oxygen atoms in total. The molecule has 164 valence electrons. The number of pyridine rings is 1. The molecule has 3 aromatic rings. The first-order valence-corrected chi connectivity index (χ1v) is 9.90. The van der Waals surface area contributed by atoms with E-state index in [1.54, 1.807) is 66.9 Å². The fourth-order valence-corrected chi connectivity index (χ4v) is 2.97. The molecule has 0 aliphatic rings. The number of nitrogens with two attached hydrogens (primary N) is 1. The van der Waals surface area contributed by atoms with Crippen molar-refractivity contribution in [2.75, 3.05) is 10.6 Å². The van der Waals surface area contributed by atoms with Gasteiger partial charge in [-0.05, 0) is 54.6 Å². The van der Waals surface area contributed by atoms with Gasteiger partial charge in [-0.2, -0.15) is 0 Å². The van der Waals surface area contributed by atoms with Crippen molar-refractivity contribution >= 4 is 40.8 Å². The Morgan fingerprint density at radius 3 is 2.16 bits per heavy atom. The first kappa shape index (κ1) is 22.6. The number of anilines is 2. The summed E-state index contributed by atoms with van der Waals surface area (Å²) in [5.41, 5.74) is 6.52. The highest BCUT2D eigenvalue weighted by molar-refractivity contribution is 6.30. The Bertz CT molecular complexity index is 1180. The second-order valence-corrected chi connectivity index (χ2v) is 7.21. The van der Waals surface area contributed by atoms with Crippen molar-refractivity contribution in [1.29, 1.82) is 0 Å². The van der Waals surface area contributed by atoms with Crippen LogP contribution in [-0.4, -0.2) is 28.5 Å². The van der Waals surface area contributed by atoms with Crippen LogP contribution in [0.25, 0.3) is 5.69 Å². The number of primary amides is 1. The Morgan fingerprint density at radius 1 is 0.906 bits per heavy atom. The van der Waals surface area contributed by atoms with Crippen LogP contribution < -0.4 is 27.2 Å². The van der Waals surface area contributed by atoms with Crippen LogP contribution in [0.1, 0.15) is 6.42 Å². The van der Waals surface area contributed by atoms with Crippen molar-refractivity contribution in [3.8, 4) is 5.69 Å². The Balaban J connectivity index is 1.67. The van der Waals surface area contributed by atoms with E-state index in [-0.39, 0.29) is 5.56 Å². The number of aromatic nitrogens is 1. The number of amides is 4. The zero-order valence-corrected chi connectivity index (χ0v) is 17.5. The number of nitrogens with one attached hydrogen (secondary N) is 3. The van der Waals surface area contributed by atoms with Crippen LogP contribution in [0.3, 0.4) is 0 Å². The van der Waals surface area contributed by atoms with E-state index in [1.165, 1.54) is 10.6 Å². The van der Waals surface area contributed by atoms with Crippen molar-refractivity contribution in [1.82, 2.24) is 9.88 Å². The number of benzene rings is 2. The van der Waals surface area contributed by atoms with E-state index >= 15 is 0 Å². The summed E-state index contributed by atoms with van der Waals surface area (Å²) in [6.07, 6.45) is 1.24. The molecule has 5 N–H and O–H groups in total. The average Bonchev–Trinajstić information content (AvgIpc) is 2.75. The number of nitrogens with zero attached hydrogens (tertiary/aromatic N) is 1. The Labute approximate surface area is 188 Å². The molecule has 0 bridgehead atoms. The van der Waals surface area contributed by atoms with Gasteiger partial charge in [0.15, 0.2) is 0 Å². The predicted molar refractivity (Wildman–Crippen MR) is 122 cm³/mol. The maximum absolute atomic E-state index is 12.7. The molecule has 0 saturated heterocycles. The molecule has 2 aromatic carbocycles. The Hall–Kier alpha value is -4.11. The summed E-state index contributed by atoms with van der Waals surface area (Å²) < 4.78 is 1.45. The van der Waals surface area contributed by atoms with Gasteiger partial charge in [-0.3, -0.25) is 19.0 Å². The fraction of sp³-hybridized carbons (Fsp3) is 0.0909. The molecule has 0 unspecified atom stereocenters. The monoisotopic (exact) mass is 453 g/mol. The van der Waals surface area contributed by atoms with Gasteiger partial charge in [0.1, 0.15) is 6.04 Å². The van der Waals surface area contributed by atoms with Crippen LogP contribution in [0.5, 0.6) is 0 Å². The lowest BCUT2D eigenvalue weighted by molar-refractivity contribution is -0.123. The number of halogens is 1. The minimum Gasteiger partial charge on any atom is -0.370 e. The number of hydrogen-bond donors (Lipinski definition) is 4. The molecular weight excluding hydrogens is 434 g/mol. The summed E-state index contributed by atoms with van der Waals surface area (Å²) in [7, 11) is 0. The molecule has 0 radical (unpaired) electrons. The third-order valence-electron chi connectivity index (χ3n) is 4.36. The minimum atomic E-state index is -1.20. The van der Waals surface area contributed by atoms with Gasteiger partial charge in [-0.1, -0.05) is 17.7 Å². The molecule has 10 heteroatoms. The highest BCUT2D eigenvalue weighted by Gasteiger charge is 2.23. The zero-order chi connectivity index (χ0) is 23.1.